The Morgan fingerprint density at radius 2 is 1.64 bits per heavy atom. The molecule has 3 rings (SSSR count). The Morgan fingerprint density at radius 3 is 2.12 bits per heavy atom. The second-order valence-electron chi connectivity index (χ2n) is 12.5. The molecule has 2 saturated carbocycles. The maximum absolute atomic E-state index is 14.0. The largest absolute Gasteiger partial charge is 0.411 e. The number of fused-ring (bicyclic) bond motifs is 3. The maximum Gasteiger partial charge on any atom is 0.184 e. The van der Waals surface area contributed by atoms with Crippen LogP contribution >= 0.6 is 0 Å². The Bertz CT molecular complexity index is 848. The van der Waals surface area contributed by atoms with Gasteiger partial charge < -0.3 is 30.0 Å². The topological polar surface area (TPSA) is 127 Å². The van der Waals surface area contributed by atoms with Crippen LogP contribution in [0, 0.1) is 22.7 Å². The van der Waals surface area contributed by atoms with Crippen molar-refractivity contribution in [2.24, 2.45) is 22.7 Å². The van der Waals surface area contributed by atoms with Gasteiger partial charge in [0, 0.05) is 23.2 Å². The number of Topliss-reactive ketones (excluding diaryl/α,β-unsaturated/α-hetero) is 1. The molecule has 0 radical (unpaired) electrons. The number of hydrogen-bond acceptors (Lipinski definition) is 7. The monoisotopic (exact) mass is 484 g/mol. The average Bonchev–Trinajstić information content (AvgIpc) is 2.68. The van der Waals surface area contributed by atoms with E-state index in [1.54, 1.807) is 34.6 Å². The third kappa shape index (κ3) is 3.55. The fourth-order valence-corrected chi connectivity index (χ4v) is 8.28. The summed E-state index contributed by atoms with van der Waals surface area (Å²) < 4.78 is 6.37. The molecule has 0 aromatic rings. The molecule has 0 saturated heterocycles. The molecule has 8 heteroatoms. The lowest BCUT2D eigenvalue weighted by atomic mass is 9.44. The molecule has 7 nitrogen and oxygen atoms in total. The van der Waals surface area contributed by atoms with Crippen molar-refractivity contribution in [2.45, 2.75) is 116 Å². The number of hydrogen-bond donors (Lipinski definition) is 5. The van der Waals surface area contributed by atoms with Crippen LogP contribution in [-0.4, -0.2) is 75.3 Å². The standard InChI is InChI=1S/C25H44O7Si/c1-10-24(30)16(26)11-13(2)23(6)19(24)21(29)25(31)12-15(32-33(7,8)9)14(3)17(22(25,4)5)18(27)20(23)28/h13,15-16,18-19,21,26-27,29-31H,10-12H2,1-9H3/t13-,15-,16+,18+,19-,21-,23+,24-,25+/m0/s1. The Balaban J connectivity index is 2.36. The first kappa shape index (κ1) is 27.0. The van der Waals surface area contributed by atoms with E-state index in [2.05, 4.69) is 0 Å². The van der Waals surface area contributed by atoms with Gasteiger partial charge in [-0.2, -0.15) is 0 Å². The van der Waals surface area contributed by atoms with E-state index in [-0.39, 0.29) is 19.3 Å². The minimum absolute atomic E-state index is 0.0680. The van der Waals surface area contributed by atoms with Crippen LogP contribution in [0.5, 0.6) is 0 Å². The van der Waals surface area contributed by atoms with Gasteiger partial charge in [0.05, 0.1) is 23.9 Å². The zero-order valence-corrected chi connectivity index (χ0v) is 22.6. The predicted octanol–water partition coefficient (Wildman–Crippen LogP) is 2.15. The zero-order valence-electron chi connectivity index (χ0n) is 21.6. The number of carbonyl (C=O) groups excluding carboxylic acids is 1. The summed E-state index contributed by atoms with van der Waals surface area (Å²) in [5.41, 5.74) is -5.03. The van der Waals surface area contributed by atoms with Crippen LogP contribution in [0.4, 0.5) is 0 Å². The van der Waals surface area contributed by atoms with Gasteiger partial charge in [0.1, 0.15) is 11.7 Å². The Kier molecular flexibility index (Phi) is 6.50. The van der Waals surface area contributed by atoms with Crippen LogP contribution in [0.2, 0.25) is 19.6 Å². The van der Waals surface area contributed by atoms with Crippen molar-refractivity contribution in [3.8, 4) is 0 Å². The normalized spacial score (nSPS) is 48.2. The first-order chi connectivity index (χ1) is 14.8. The first-order valence-corrected chi connectivity index (χ1v) is 15.6. The van der Waals surface area contributed by atoms with Crippen LogP contribution in [0.3, 0.4) is 0 Å². The van der Waals surface area contributed by atoms with E-state index in [0.717, 1.165) is 5.57 Å². The molecule has 5 N–H and O–H groups in total. The van der Waals surface area contributed by atoms with Crippen molar-refractivity contribution in [1.29, 1.82) is 0 Å². The Labute approximate surface area is 199 Å². The highest BCUT2D eigenvalue weighted by molar-refractivity contribution is 6.69. The van der Waals surface area contributed by atoms with Gasteiger partial charge in [-0.15, -0.1) is 0 Å². The summed E-state index contributed by atoms with van der Waals surface area (Å²) in [7, 11) is -2.09. The van der Waals surface area contributed by atoms with Gasteiger partial charge in [0.15, 0.2) is 14.1 Å². The summed E-state index contributed by atoms with van der Waals surface area (Å²) in [5.74, 6) is -2.09. The van der Waals surface area contributed by atoms with E-state index in [1.165, 1.54) is 0 Å². The van der Waals surface area contributed by atoms with Gasteiger partial charge in [-0.1, -0.05) is 34.6 Å². The van der Waals surface area contributed by atoms with E-state index in [0.29, 0.717) is 5.57 Å². The van der Waals surface area contributed by atoms with Gasteiger partial charge in [-0.25, -0.2) is 0 Å². The lowest BCUT2D eigenvalue weighted by Crippen LogP contribution is -2.75. The molecule has 0 unspecified atom stereocenters. The highest BCUT2D eigenvalue weighted by Crippen LogP contribution is 2.62. The molecular weight excluding hydrogens is 440 g/mol. The SMILES string of the molecule is CC[C@]1(O)[C@H](O)C[C@H](C)[C@@]2(C)C(=O)[C@H](O)C3=C(C)[C@@H](O[Si](C)(C)C)C[C@@](O)([C@@H](O)[C@H]12)C3(C)C. The highest BCUT2D eigenvalue weighted by Gasteiger charge is 2.71. The third-order valence-corrected chi connectivity index (χ3v) is 10.4. The molecule has 0 spiro atoms. The molecule has 2 bridgehead atoms. The van der Waals surface area contributed by atoms with Gasteiger partial charge in [-0.05, 0) is 56.5 Å². The van der Waals surface area contributed by atoms with E-state index >= 15 is 0 Å². The molecule has 0 heterocycles. The molecule has 3 aliphatic rings. The molecule has 0 aromatic heterocycles. The molecule has 190 valence electrons. The summed E-state index contributed by atoms with van der Waals surface area (Å²) in [6, 6.07) is 0. The van der Waals surface area contributed by atoms with Gasteiger partial charge >= 0.3 is 0 Å². The van der Waals surface area contributed by atoms with Crippen LogP contribution in [-0.2, 0) is 9.22 Å². The summed E-state index contributed by atoms with van der Waals surface area (Å²) in [4.78, 5) is 14.0. The molecule has 3 aliphatic carbocycles. The number of aliphatic hydroxyl groups is 5. The summed E-state index contributed by atoms with van der Waals surface area (Å²) >= 11 is 0. The second kappa shape index (κ2) is 7.95. The third-order valence-electron chi connectivity index (χ3n) is 9.44. The van der Waals surface area contributed by atoms with E-state index in [9.17, 15) is 30.3 Å². The van der Waals surface area contributed by atoms with Gasteiger partial charge in [0.2, 0.25) is 0 Å². The van der Waals surface area contributed by atoms with Crippen molar-refractivity contribution in [3.63, 3.8) is 0 Å². The lowest BCUT2D eigenvalue weighted by Gasteiger charge is -2.64. The van der Waals surface area contributed by atoms with Crippen LogP contribution in [0.15, 0.2) is 11.1 Å². The quantitative estimate of drug-likeness (QED) is 0.307. The summed E-state index contributed by atoms with van der Waals surface area (Å²) in [5, 5.41) is 58.4. The number of rotatable bonds is 3. The zero-order chi connectivity index (χ0) is 25.5. The summed E-state index contributed by atoms with van der Waals surface area (Å²) in [6.07, 6.45) is -4.48. The minimum atomic E-state index is -2.09. The fraction of sp³-hybridized carbons (Fsp3) is 0.880. The van der Waals surface area contributed by atoms with E-state index in [1.807, 2.05) is 26.6 Å². The van der Waals surface area contributed by atoms with E-state index < -0.39 is 72.4 Å². The van der Waals surface area contributed by atoms with Crippen molar-refractivity contribution in [1.82, 2.24) is 0 Å². The lowest BCUT2D eigenvalue weighted by molar-refractivity contribution is -0.271. The molecule has 33 heavy (non-hydrogen) atoms. The highest BCUT2D eigenvalue weighted by atomic mass is 28.4. The first-order valence-electron chi connectivity index (χ1n) is 12.2. The number of carbonyl (C=O) groups is 1. The molecule has 0 aliphatic heterocycles. The number of aliphatic hydroxyl groups excluding tert-OH is 3. The van der Waals surface area contributed by atoms with Crippen molar-refractivity contribution >= 4 is 14.1 Å². The second-order valence-corrected chi connectivity index (χ2v) is 17.0. The molecule has 0 aromatic carbocycles. The molecule has 0 amide bonds. The molecular formula is C25H44O7Si. The fourth-order valence-electron chi connectivity index (χ4n) is 7.17. The predicted molar refractivity (Wildman–Crippen MR) is 128 cm³/mol. The minimum Gasteiger partial charge on any atom is -0.411 e. The van der Waals surface area contributed by atoms with Crippen molar-refractivity contribution in [2.75, 3.05) is 0 Å². The van der Waals surface area contributed by atoms with E-state index in [4.69, 9.17) is 4.43 Å². The Morgan fingerprint density at radius 1 is 1.09 bits per heavy atom. The van der Waals surface area contributed by atoms with Gasteiger partial charge in [0.25, 0.3) is 0 Å². The van der Waals surface area contributed by atoms with Crippen LogP contribution < -0.4 is 0 Å². The number of ketones is 1. The van der Waals surface area contributed by atoms with Crippen molar-refractivity contribution < 1.29 is 34.8 Å². The van der Waals surface area contributed by atoms with Gasteiger partial charge in [-0.3, -0.25) is 4.79 Å². The van der Waals surface area contributed by atoms with Crippen LogP contribution in [0.1, 0.15) is 60.8 Å². The average molecular weight is 485 g/mol. The molecule has 9 atom stereocenters. The van der Waals surface area contributed by atoms with Crippen LogP contribution in [0.25, 0.3) is 0 Å². The summed E-state index contributed by atoms with van der Waals surface area (Å²) in [6.45, 7) is 16.5. The maximum atomic E-state index is 14.0. The Hall–Kier alpha value is -0.613. The smallest absolute Gasteiger partial charge is 0.184 e. The molecule has 2 fully saturated rings. The van der Waals surface area contributed by atoms with Crippen molar-refractivity contribution in [3.05, 3.63) is 11.1 Å².